The standard InChI is InChI=1S/C13H28N2O2S/c1-4-9-14-10-11(2)18(16,17)15-12(3)13-7-5-6-8-13/h11-15H,4-10H2,1-3H3. The lowest BCUT2D eigenvalue weighted by Crippen LogP contribution is -2.44. The maximum Gasteiger partial charge on any atom is 0.215 e. The molecule has 108 valence electrons. The van der Waals surface area contributed by atoms with Crippen molar-refractivity contribution >= 4 is 10.0 Å². The Morgan fingerprint density at radius 1 is 1.22 bits per heavy atom. The van der Waals surface area contributed by atoms with Crippen LogP contribution in [-0.4, -0.2) is 32.8 Å². The molecule has 0 radical (unpaired) electrons. The average molecular weight is 276 g/mol. The highest BCUT2D eigenvalue weighted by atomic mass is 32.2. The highest BCUT2D eigenvalue weighted by Crippen LogP contribution is 2.27. The van der Waals surface area contributed by atoms with Gasteiger partial charge < -0.3 is 5.32 Å². The zero-order chi connectivity index (χ0) is 13.6. The van der Waals surface area contributed by atoms with Crippen molar-refractivity contribution in [2.45, 2.75) is 64.2 Å². The molecule has 0 bridgehead atoms. The molecular formula is C13H28N2O2S. The molecule has 2 unspecified atom stereocenters. The van der Waals surface area contributed by atoms with E-state index in [2.05, 4.69) is 17.0 Å². The minimum atomic E-state index is -3.19. The quantitative estimate of drug-likeness (QED) is 0.665. The van der Waals surface area contributed by atoms with E-state index in [0.717, 1.165) is 25.8 Å². The van der Waals surface area contributed by atoms with Gasteiger partial charge in [0.05, 0.1) is 5.25 Å². The fourth-order valence-corrected chi connectivity index (χ4v) is 3.80. The number of hydrogen-bond acceptors (Lipinski definition) is 3. The second-order valence-corrected chi connectivity index (χ2v) is 7.64. The molecule has 0 spiro atoms. The van der Waals surface area contributed by atoms with E-state index < -0.39 is 10.0 Å². The fraction of sp³-hybridized carbons (Fsp3) is 1.00. The van der Waals surface area contributed by atoms with Crippen LogP contribution in [0.4, 0.5) is 0 Å². The summed E-state index contributed by atoms with van der Waals surface area (Å²) in [7, 11) is -3.19. The molecule has 0 aromatic heterocycles. The summed E-state index contributed by atoms with van der Waals surface area (Å²) >= 11 is 0. The molecule has 0 heterocycles. The van der Waals surface area contributed by atoms with E-state index in [1.54, 1.807) is 6.92 Å². The van der Waals surface area contributed by atoms with Crippen molar-refractivity contribution < 1.29 is 8.42 Å². The Morgan fingerprint density at radius 2 is 1.83 bits per heavy atom. The topological polar surface area (TPSA) is 58.2 Å². The van der Waals surface area contributed by atoms with Crippen molar-refractivity contribution in [3.63, 3.8) is 0 Å². The number of sulfonamides is 1. The molecule has 18 heavy (non-hydrogen) atoms. The van der Waals surface area contributed by atoms with Crippen LogP contribution in [0.25, 0.3) is 0 Å². The van der Waals surface area contributed by atoms with Gasteiger partial charge in [-0.1, -0.05) is 19.8 Å². The van der Waals surface area contributed by atoms with E-state index in [4.69, 9.17) is 0 Å². The first-order chi connectivity index (χ1) is 8.47. The molecular weight excluding hydrogens is 248 g/mol. The molecule has 4 nitrogen and oxygen atoms in total. The molecule has 1 aliphatic rings. The summed E-state index contributed by atoms with van der Waals surface area (Å²) in [4.78, 5) is 0. The summed E-state index contributed by atoms with van der Waals surface area (Å²) in [5.41, 5.74) is 0. The van der Waals surface area contributed by atoms with Crippen LogP contribution in [0.5, 0.6) is 0 Å². The highest BCUT2D eigenvalue weighted by molar-refractivity contribution is 7.90. The van der Waals surface area contributed by atoms with Crippen molar-refractivity contribution in [3.8, 4) is 0 Å². The third-order valence-electron chi connectivity index (χ3n) is 3.85. The van der Waals surface area contributed by atoms with Crippen molar-refractivity contribution in [1.29, 1.82) is 0 Å². The molecule has 0 aliphatic heterocycles. The van der Waals surface area contributed by atoms with Crippen LogP contribution in [-0.2, 0) is 10.0 Å². The smallest absolute Gasteiger partial charge is 0.215 e. The van der Waals surface area contributed by atoms with Gasteiger partial charge in [-0.25, -0.2) is 13.1 Å². The molecule has 5 heteroatoms. The summed E-state index contributed by atoms with van der Waals surface area (Å²) in [6.07, 6.45) is 5.83. The first-order valence-corrected chi connectivity index (χ1v) is 8.74. The Balaban J connectivity index is 2.41. The predicted molar refractivity (Wildman–Crippen MR) is 76.1 cm³/mol. The van der Waals surface area contributed by atoms with E-state index in [-0.39, 0.29) is 11.3 Å². The molecule has 1 fully saturated rings. The molecule has 1 saturated carbocycles. The van der Waals surface area contributed by atoms with Crippen LogP contribution >= 0.6 is 0 Å². The second kappa shape index (κ2) is 7.46. The molecule has 1 rings (SSSR count). The fourth-order valence-electron chi connectivity index (χ4n) is 2.52. The minimum absolute atomic E-state index is 0.0751. The van der Waals surface area contributed by atoms with Crippen LogP contribution in [0.15, 0.2) is 0 Å². The zero-order valence-electron chi connectivity index (χ0n) is 11.9. The Labute approximate surface area is 112 Å². The molecule has 0 aromatic carbocycles. The van der Waals surface area contributed by atoms with Crippen LogP contribution in [0, 0.1) is 5.92 Å². The third-order valence-corrected chi connectivity index (χ3v) is 5.77. The first kappa shape index (κ1) is 15.9. The SMILES string of the molecule is CCCNCC(C)S(=O)(=O)NC(C)C1CCCC1. The van der Waals surface area contributed by atoms with Crippen molar-refractivity contribution in [2.75, 3.05) is 13.1 Å². The highest BCUT2D eigenvalue weighted by Gasteiger charge is 2.28. The van der Waals surface area contributed by atoms with Crippen molar-refractivity contribution in [1.82, 2.24) is 10.0 Å². The van der Waals surface area contributed by atoms with Crippen LogP contribution < -0.4 is 10.0 Å². The third kappa shape index (κ3) is 4.86. The van der Waals surface area contributed by atoms with Crippen molar-refractivity contribution in [2.24, 2.45) is 5.92 Å². The number of nitrogens with one attached hydrogen (secondary N) is 2. The molecule has 0 amide bonds. The lowest BCUT2D eigenvalue weighted by molar-refractivity contribution is 0.421. The van der Waals surface area contributed by atoms with Gasteiger partial charge in [0.1, 0.15) is 0 Å². The van der Waals surface area contributed by atoms with Gasteiger partial charge >= 0.3 is 0 Å². The van der Waals surface area contributed by atoms with E-state index in [0.29, 0.717) is 12.5 Å². The Hall–Kier alpha value is -0.130. The van der Waals surface area contributed by atoms with Gasteiger partial charge in [-0.3, -0.25) is 0 Å². The summed E-state index contributed by atoms with van der Waals surface area (Å²) in [6.45, 7) is 7.25. The Morgan fingerprint density at radius 3 is 2.39 bits per heavy atom. The van der Waals surface area contributed by atoms with E-state index >= 15 is 0 Å². The van der Waals surface area contributed by atoms with Gasteiger partial charge in [0, 0.05) is 12.6 Å². The first-order valence-electron chi connectivity index (χ1n) is 7.19. The van der Waals surface area contributed by atoms with Crippen LogP contribution in [0.2, 0.25) is 0 Å². The van der Waals surface area contributed by atoms with E-state index in [1.807, 2.05) is 6.92 Å². The summed E-state index contributed by atoms with van der Waals surface area (Å²) in [5.74, 6) is 0.524. The molecule has 2 N–H and O–H groups in total. The average Bonchev–Trinajstić information content (AvgIpc) is 2.82. The van der Waals surface area contributed by atoms with Gasteiger partial charge in [0.2, 0.25) is 10.0 Å². The Bertz CT molecular complexity index is 324. The lowest BCUT2D eigenvalue weighted by Gasteiger charge is -2.23. The zero-order valence-corrected chi connectivity index (χ0v) is 12.7. The molecule has 2 atom stereocenters. The summed E-state index contributed by atoms with van der Waals surface area (Å²) in [6, 6.07) is 0.0751. The van der Waals surface area contributed by atoms with E-state index in [9.17, 15) is 8.42 Å². The van der Waals surface area contributed by atoms with Crippen LogP contribution in [0.1, 0.15) is 52.9 Å². The maximum atomic E-state index is 12.1. The van der Waals surface area contributed by atoms with Crippen LogP contribution in [0.3, 0.4) is 0 Å². The van der Waals surface area contributed by atoms with Gasteiger partial charge in [-0.2, -0.15) is 0 Å². The van der Waals surface area contributed by atoms with E-state index in [1.165, 1.54) is 12.8 Å². The largest absolute Gasteiger partial charge is 0.315 e. The van der Waals surface area contributed by atoms with Gasteiger partial charge in [-0.05, 0) is 45.6 Å². The van der Waals surface area contributed by atoms with Gasteiger partial charge in [0.25, 0.3) is 0 Å². The Kier molecular flexibility index (Phi) is 6.60. The monoisotopic (exact) mass is 276 g/mol. The molecule has 0 aromatic rings. The normalized spacial score (nSPS) is 21.1. The molecule has 1 aliphatic carbocycles. The minimum Gasteiger partial charge on any atom is -0.315 e. The summed E-state index contributed by atoms with van der Waals surface area (Å²) < 4.78 is 27.1. The van der Waals surface area contributed by atoms with Crippen molar-refractivity contribution in [3.05, 3.63) is 0 Å². The second-order valence-electron chi connectivity index (χ2n) is 5.51. The lowest BCUT2D eigenvalue weighted by atomic mass is 10.0. The molecule has 0 saturated heterocycles. The number of rotatable bonds is 8. The van der Waals surface area contributed by atoms with Gasteiger partial charge in [-0.15, -0.1) is 0 Å². The predicted octanol–water partition coefficient (Wildman–Crippen LogP) is 1.87. The van der Waals surface area contributed by atoms with Gasteiger partial charge in [0.15, 0.2) is 0 Å². The number of hydrogen-bond donors (Lipinski definition) is 2. The maximum absolute atomic E-state index is 12.1. The summed E-state index contributed by atoms with van der Waals surface area (Å²) in [5, 5.41) is 2.80.